The summed E-state index contributed by atoms with van der Waals surface area (Å²) >= 11 is 0. The molecule has 2 heterocycles. The monoisotopic (exact) mass is 370 g/mol. The molecule has 2 aromatic rings. The number of hydrazone groups is 1. The summed E-state index contributed by atoms with van der Waals surface area (Å²) in [6.07, 6.45) is 2.26. The summed E-state index contributed by atoms with van der Waals surface area (Å²) in [5, 5.41) is 5.68. The van der Waals surface area contributed by atoms with Crippen molar-refractivity contribution in [2.24, 2.45) is 11.0 Å². The van der Waals surface area contributed by atoms with Crippen molar-refractivity contribution in [3.63, 3.8) is 0 Å². The van der Waals surface area contributed by atoms with E-state index in [1.54, 1.807) is 12.1 Å². The van der Waals surface area contributed by atoms with Gasteiger partial charge < -0.3 is 9.15 Å². The summed E-state index contributed by atoms with van der Waals surface area (Å²) < 4.78 is 9.92. The Labute approximate surface area is 152 Å². The molecule has 0 unspecified atom stereocenters. The number of carbonyl (C=O) groups excluding carboxylic acids is 4. The van der Waals surface area contributed by atoms with Crippen molar-refractivity contribution in [1.29, 1.82) is 0 Å². The predicted molar refractivity (Wildman–Crippen MR) is 92.2 cm³/mol. The number of hydrogen-bond acceptors (Lipinski definition) is 7. The second kappa shape index (κ2) is 7.52. The van der Waals surface area contributed by atoms with E-state index in [-0.39, 0.29) is 11.4 Å². The Morgan fingerprint density at radius 3 is 2.63 bits per heavy atom. The molecule has 0 radical (unpaired) electrons. The molecule has 0 spiro atoms. The molecule has 1 aliphatic heterocycles. The Balaban J connectivity index is 1.75. The lowest BCUT2D eigenvalue weighted by molar-refractivity contribution is -0.131. The standard InChI is InChI=1S/C17H14N4O6/c1-26-11-6-4-10(5-7-11)21-16(24)12(14(22)19-17(21)25)9-18-20-15(23)13-3-2-8-27-13/h2-9,12H,1H3,(H,20,23)(H,19,22,25)/b18-9-/t12-/m1/s1. The third-order valence-electron chi connectivity index (χ3n) is 3.67. The van der Waals surface area contributed by atoms with Crippen LogP contribution in [0.15, 0.2) is 52.2 Å². The van der Waals surface area contributed by atoms with Gasteiger partial charge in [-0.05, 0) is 36.4 Å². The van der Waals surface area contributed by atoms with Crippen molar-refractivity contribution in [2.75, 3.05) is 12.0 Å². The van der Waals surface area contributed by atoms with Crippen molar-refractivity contribution >= 4 is 35.7 Å². The normalized spacial score (nSPS) is 17.1. The average molecular weight is 370 g/mol. The maximum absolute atomic E-state index is 12.6. The fourth-order valence-corrected chi connectivity index (χ4v) is 2.33. The highest BCUT2D eigenvalue weighted by Crippen LogP contribution is 2.23. The van der Waals surface area contributed by atoms with Gasteiger partial charge in [-0.1, -0.05) is 0 Å². The van der Waals surface area contributed by atoms with Crippen LogP contribution in [0.1, 0.15) is 10.6 Å². The van der Waals surface area contributed by atoms with Gasteiger partial charge in [0.2, 0.25) is 5.91 Å². The number of urea groups is 1. The number of barbiturate groups is 1. The minimum absolute atomic E-state index is 0.0154. The topological polar surface area (TPSA) is 130 Å². The van der Waals surface area contributed by atoms with Gasteiger partial charge in [-0.15, -0.1) is 0 Å². The van der Waals surface area contributed by atoms with Gasteiger partial charge in [-0.2, -0.15) is 5.10 Å². The lowest BCUT2D eigenvalue weighted by atomic mass is 10.1. The Kier molecular flexibility index (Phi) is 4.97. The fraction of sp³-hybridized carbons (Fsp3) is 0.118. The zero-order chi connectivity index (χ0) is 19.4. The first-order valence-corrected chi connectivity index (χ1v) is 7.71. The van der Waals surface area contributed by atoms with E-state index in [1.807, 2.05) is 0 Å². The Hall–Kier alpha value is -3.95. The van der Waals surface area contributed by atoms with Crippen LogP contribution < -0.4 is 20.4 Å². The molecule has 1 aliphatic rings. The summed E-state index contributed by atoms with van der Waals surface area (Å²) in [7, 11) is 1.48. The molecule has 10 heteroatoms. The minimum Gasteiger partial charge on any atom is -0.497 e. The van der Waals surface area contributed by atoms with Crippen LogP contribution in [0.25, 0.3) is 0 Å². The number of imide groups is 2. The summed E-state index contributed by atoms with van der Waals surface area (Å²) in [5.74, 6) is -3.12. The molecule has 1 fully saturated rings. The number of benzene rings is 1. The number of hydrogen-bond donors (Lipinski definition) is 2. The van der Waals surface area contributed by atoms with Crippen molar-refractivity contribution in [3.05, 3.63) is 48.4 Å². The number of carbonyl (C=O) groups is 4. The molecule has 3 rings (SSSR count). The van der Waals surface area contributed by atoms with Gasteiger partial charge in [-0.25, -0.2) is 15.1 Å². The first kappa shape index (κ1) is 17.9. The van der Waals surface area contributed by atoms with E-state index in [1.165, 1.54) is 37.6 Å². The van der Waals surface area contributed by atoms with E-state index in [9.17, 15) is 19.2 Å². The van der Waals surface area contributed by atoms with Crippen molar-refractivity contribution < 1.29 is 28.3 Å². The van der Waals surface area contributed by atoms with E-state index in [2.05, 4.69) is 15.8 Å². The third-order valence-corrected chi connectivity index (χ3v) is 3.67. The van der Waals surface area contributed by atoms with Gasteiger partial charge in [0, 0.05) is 6.21 Å². The SMILES string of the molecule is COc1ccc(N2C(=O)NC(=O)[C@@H](/C=N\NC(=O)c3ccco3)C2=O)cc1. The molecule has 1 saturated heterocycles. The molecular formula is C17H14N4O6. The smallest absolute Gasteiger partial charge is 0.335 e. The van der Waals surface area contributed by atoms with E-state index in [0.717, 1.165) is 11.1 Å². The van der Waals surface area contributed by atoms with Crippen LogP contribution in [0.2, 0.25) is 0 Å². The average Bonchev–Trinajstić information content (AvgIpc) is 3.19. The van der Waals surface area contributed by atoms with Crippen LogP contribution in [0.5, 0.6) is 5.75 Å². The van der Waals surface area contributed by atoms with Crippen LogP contribution in [0.3, 0.4) is 0 Å². The maximum atomic E-state index is 12.6. The second-order valence-corrected chi connectivity index (χ2v) is 5.34. The molecule has 1 aromatic carbocycles. The van der Waals surface area contributed by atoms with E-state index in [0.29, 0.717) is 5.75 Å². The van der Waals surface area contributed by atoms with Gasteiger partial charge in [0.15, 0.2) is 11.7 Å². The van der Waals surface area contributed by atoms with Crippen LogP contribution in [0, 0.1) is 5.92 Å². The molecule has 0 aliphatic carbocycles. The highest BCUT2D eigenvalue weighted by Gasteiger charge is 2.40. The fourth-order valence-electron chi connectivity index (χ4n) is 2.33. The Bertz CT molecular complexity index is 904. The molecule has 1 atom stereocenters. The number of nitrogens with one attached hydrogen (secondary N) is 2. The van der Waals surface area contributed by atoms with Crippen LogP contribution in [0.4, 0.5) is 10.5 Å². The van der Waals surface area contributed by atoms with Gasteiger partial charge in [0.25, 0.3) is 5.91 Å². The molecule has 0 saturated carbocycles. The van der Waals surface area contributed by atoms with Gasteiger partial charge >= 0.3 is 11.9 Å². The largest absolute Gasteiger partial charge is 0.497 e. The second-order valence-electron chi connectivity index (χ2n) is 5.34. The van der Waals surface area contributed by atoms with Crippen molar-refractivity contribution in [2.45, 2.75) is 0 Å². The lowest BCUT2D eigenvalue weighted by Crippen LogP contribution is -2.58. The number of nitrogens with zero attached hydrogens (tertiary/aromatic N) is 2. The van der Waals surface area contributed by atoms with E-state index < -0.39 is 29.7 Å². The summed E-state index contributed by atoms with van der Waals surface area (Å²) in [4.78, 5) is 49.2. The molecule has 2 N–H and O–H groups in total. The van der Waals surface area contributed by atoms with Gasteiger partial charge in [0.1, 0.15) is 5.75 Å². The summed E-state index contributed by atoms with van der Waals surface area (Å²) in [6, 6.07) is 8.21. The molecule has 138 valence electrons. The summed E-state index contributed by atoms with van der Waals surface area (Å²) in [5.41, 5.74) is 2.39. The van der Waals surface area contributed by atoms with Crippen LogP contribution in [-0.2, 0) is 9.59 Å². The van der Waals surface area contributed by atoms with E-state index in [4.69, 9.17) is 9.15 Å². The first-order chi connectivity index (χ1) is 13.0. The highest BCUT2D eigenvalue weighted by molar-refractivity contribution is 6.32. The molecule has 5 amide bonds. The number of amides is 5. The molecule has 0 bridgehead atoms. The molecule has 1 aromatic heterocycles. The van der Waals surface area contributed by atoms with Crippen LogP contribution >= 0.6 is 0 Å². The third kappa shape index (κ3) is 3.68. The van der Waals surface area contributed by atoms with Crippen molar-refractivity contribution in [1.82, 2.24) is 10.7 Å². The number of furan rings is 1. The quantitative estimate of drug-likeness (QED) is 0.457. The summed E-state index contributed by atoms with van der Waals surface area (Å²) in [6.45, 7) is 0. The molecular weight excluding hydrogens is 356 g/mol. The zero-order valence-corrected chi connectivity index (χ0v) is 14.0. The molecule has 10 nitrogen and oxygen atoms in total. The minimum atomic E-state index is -1.39. The first-order valence-electron chi connectivity index (χ1n) is 7.71. The maximum Gasteiger partial charge on any atom is 0.335 e. The number of methoxy groups -OCH3 is 1. The molecule has 27 heavy (non-hydrogen) atoms. The lowest BCUT2D eigenvalue weighted by Gasteiger charge is -2.28. The number of rotatable bonds is 5. The highest BCUT2D eigenvalue weighted by atomic mass is 16.5. The predicted octanol–water partition coefficient (Wildman–Crippen LogP) is 0.903. The Morgan fingerprint density at radius 2 is 2.00 bits per heavy atom. The van der Waals surface area contributed by atoms with Gasteiger partial charge in [0.05, 0.1) is 19.1 Å². The Morgan fingerprint density at radius 1 is 1.26 bits per heavy atom. The number of anilines is 1. The number of ether oxygens (including phenoxy) is 1. The van der Waals surface area contributed by atoms with E-state index >= 15 is 0 Å². The van der Waals surface area contributed by atoms with Crippen molar-refractivity contribution in [3.8, 4) is 5.75 Å². The van der Waals surface area contributed by atoms with Crippen LogP contribution in [-0.4, -0.2) is 37.1 Å². The zero-order valence-electron chi connectivity index (χ0n) is 14.0. The van der Waals surface area contributed by atoms with Gasteiger partial charge in [-0.3, -0.25) is 19.7 Å².